The summed E-state index contributed by atoms with van der Waals surface area (Å²) < 4.78 is 29.4. The molecule has 7 nitrogen and oxygen atoms in total. The van der Waals surface area contributed by atoms with Crippen LogP contribution in [-0.4, -0.2) is 41.1 Å². The number of piperidine rings is 1. The molecule has 3 heterocycles. The predicted octanol–water partition coefficient (Wildman–Crippen LogP) is 3.07. The quantitative estimate of drug-likeness (QED) is 0.732. The van der Waals surface area contributed by atoms with Gasteiger partial charge in [0.15, 0.2) is 0 Å². The number of fused-ring (bicyclic) bond motifs is 1. The van der Waals surface area contributed by atoms with Gasteiger partial charge in [0, 0.05) is 37.4 Å². The van der Waals surface area contributed by atoms with Gasteiger partial charge in [0.05, 0.1) is 10.5 Å². The molecule has 1 amide bonds. The number of pyridine rings is 1. The Balaban J connectivity index is 1.60. The van der Waals surface area contributed by atoms with Crippen LogP contribution in [0.3, 0.4) is 0 Å². The van der Waals surface area contributed by atoms with Gasteiger partial charge in [-0.05, 0) is 49.6 Å². The Hall–Kier alpha value is -2.71. The molecule has 1 aliphatic rings. The van der Waals surface area contributed by atoms with Crippen molar-refractivity contribution in [1.82, 2.24) is 13.7 Å². The van der Waals surface area contributed by atoms with Gasteiger partial charge < -0.3 is 9.72 Å². The molecule has 1 aliphatic heterocycles. The molecular weight excluding hydrogens is 376 g/mol. The zero-order valence-electron chi connectivity index (χ0n) is 15.6. The minimum absolute atomic E-state index is 0.247. The first kappa shape index (κ1) is 18.6. The predicted molar refractivity (Wildman–Crippen MR) is 107 cm³/mol. The van der Waals surface area contributed by atoms with Crippen LogP contribution in [0.25, 0.3) is 5.65 Å². The second kappa shape index (κ2) is 7.37. The maximum atomic E-state index is 13.0. The van der Waals surface area contributed by atoms with Crippen molar-refractivity contribution in [2.45, 2.75) is 31.1 Å². The van der Waals surface area contributed by atoms with Crippen LogP contribution in [0.1, 0.15) is 35.2 Å². The summed E-state index contributed by atoms with van der Waals surface area (Å²) in [7, 11) is -3.57. The average Bonchev–Trinajstić information content (AvgIpc) is 3.18. The molecule has 0 saturated carbocycles. The Morgan fingerprint density at radius 3 is 2.68 bits per heavy atom. The van der Waals surface area contributed by atoms with Crippen molar-refractivity contribution in [3.63, 3.8) is 0 Å². The van der Waals surface area contributed by atoms with Gasteiger partial charge in [-0.1, -0.05) is 12.5 Å². The standard InChI is InChI=1S/C20H22N4O3S/c1-15-5-7-17(13-18(15)28(26,27)24-10-3-2-4-11-24)22-20(25)16-6-8-19-21-9-12-23(19)14-16/h5-9,12-14H,2-4,10-11H2,1H3,(H,22,25). The lowest BCUT2D eigenvalue weighted by Crippen LogP contribution is -2.36. The van der Waals surface area contributed by atoms with Crippen LogP contribution >= 0.6 is 0 Å². The van der Waals surface area contributed by atoms with Gasteiger partial charge in [-0.15, -0.1) is 0 Å². The van der Waals surface area contributed by atoms with Crippen LogP contribution in [0.4, 0.5) is 5.69 Å². The number of rotatable bonds is 4. The van der Waals surface area contributed by atoms with Crippen LogP contribution in [0.5, 0.6) is 0 Å². The van der Waals surface area contributed by atoms with Gasteiger partial charge in [0.25, 0.3) is 5.91 Å². The molecule has 3 aromatic rings. The third-order valence-corrected chi connectivity index (χ3v) is 7.07. The number of carbonyl (C=O) groups is 1. The first-order valence-corrected chi connectivity index (χ1v) is 10.7. The second-order valence-electron chi connectivity index (χ2n) is 7.01. The molecule has 1 fully saturated rings. The Labute approximate surface area is 164 Å². The highest BCUT2D eigenvalue weighted by atomic mass is 32.2. The number of aromatic nitrogens is 2. The van der Waals surface area contributed by atoms with E-state index >= 15 is 0 Å². The molecule has 28 heavy (non-hydrogen) atoms. The molecule has 2 aromatic heterocycles. The van der Waals surface area contributed by atoms with Gasteiger partial charge >= 0.3 is 0 Å². The molecule has 0 aliphatic carbocycles. The smallest absolute Gasteiger partial charge is 0.257 e. The van der Waals surface area contributed by atoms with Gasteiger partial charge in [0.1, 0.15) is 5.65 Å². The Bertz CT molecular complexity index is 1130. The Kier molecular flexibility index (Phi) is 4.91. The van der Waals surface area contributed by atoms with E-state index in [4.69, 9.17) is 0 Å². The fourth-order valence-corrected chi connectivity index (χ4v) is 5.23. The molecule has 4 rings (SSSR count). The summed E-state index contributed by atoms with van der Waals surface area (Å²) in [6.07, 6.45) is 7.94. The van der Waals surface area contributed by atoms with E-state index in [0.29, 0.717) is 29.9 Å². The number of nitrogens with one attached hydrogen (secondary N) is 1. The normalized spacial score (nSPS) is 15.6. The van der Waals surface area contributed by atoms with Crippen LogP contribution in [0.15, 0.2) is 53.8 Å². The van der Waals surface area contributed by atoms with E-state index < -0.39 is 10.0 Å². The molecule has 0 unspecified atom stereocenters. The first-order valence-electron chi connectivity index (χ1n) is 9.30. The number of anilines is 1. The highest BCUT2D eigenvalue weighted by Gasteiger charge is 2.27. The summed E-state index contributed by atoms with van der Waals surface area (Å²) >= 11 is 0. The number of carbonyl (C=O) groups excluding carboxylic acids is 1. The topological polar surface area (TPSA) is 83.8 Å². The zero-order chi connectivity index (χ0) is 19.7. The van der Waals surface area contributed by atoms with Crippen molar-refractivity contribution in [2.75, 3.05) is 18.4 Å². The molecular formula is C20H22N4O3S. The monoisotopic (exact) mass is 398 g/mol. The average molecular weight is 398 g/mol. The lowest BCUT2D eigenvalue weighted by atomic mass is 10.2. The fourth-order valence-electron chi connectivity index (χ4n) is 3.46. The first-order chi connectivity index (χ1) is 13.4. The summed E-state index contributed by atoms with van der Waals surface area (Å²) in [5.41, 5.74) is 2.34. The highest BCUT2D eigenvalue weighted by Crippen LogP contribution is 2.26. The van der Waals surface area contributed by atoms with Crippen LogP contribution in [0.2, 0.25) is 0 Å². The van der Waals surface area contributed by atoms with E-state index in [1.165, 1.54) is 4.31 Å². The maximum absolute atomic E-state index is 13.0. The zero-order valence-corrected chi connectivity index (χ0v) is 16.4. The van der Waals surface area contributed by atoms with Gasteiger partial charge in [0.2, 0.25) is 10.0 Å². The van der Waals surface area contributed by atoms with Crippen molar-refractivity contribution in [1.29, 1.82) is 0 Å². The maximum Gasteiger partial charge on any atom is 0.257 e. The van der Waals surface area contributed by atoms with E-state index in [2.05, 4.69) is 10.3 Å². The summed E-state index contributed by atoms with van der Waals surface area (Å²) in [5.74, 6) is -0.305. The third-order valence-electron chi connectivity index (χ3n) is 5.03. The largest absolute Gasteiger partial charge is 0.322 e. The number of aryl methyl sites for hydroxylation is 1. The number of hydrogen-bond donors (Lipinski definition) is 1. The van der Waals surface area contributed by atoms with Gasteiger partial charge in [-0.25, -0.2) is 13.4 Å². The van der Waals surface area contributed by atoms with Gasteiger partial charge in [-0.2, -0.15) is 4.31 Å². The number of hydrogen-bond acceptors (Lipinski definition) is 4. The molecule has 146 valence electrons. The molecule has 1 N–H and O–H groups in total. The molecule has 8 heteroatoms. The fraction of sp³-hybridized carbons (Fsp3) is 0.300. The van der Waals surface area contributed by atoms with Crippen LogP contribution in [0, 0.1) is 6.92 Å². The van der Waals surface area contributed by atoms with E-state index in [1.807, 2.05) is 0 Å². The lowest BCUT2D eigenvalue weighted by molar-refractivity contribution is 0.102. The molecule has 0 radical (unpaired) electrons. The Morgan fingerprint density at radius 1 is 1.11 bits per heavy atom. The molecule has 1 saturated heterocycles. The number of benzene rings is 1. The number of sulfonamides is 1. The van der Waals surface area contributed by atoms with Crippen molar-refractivity contribution < 1.29 is 13.2 Å². The minimum atomic E-state index is -3.57. The second-order valence-corrected chi connectivity index (χ2v) is 8.92. The lowest BCUT2D eigenvalue weighted by Gasteiger charge is -2.26. The van der Waals surface area contributed by atoms with Gasteiger partial charge in [-0.3, -0.25) is 4.79 Å². The number of amides is 1. The highest BCUT2D eigenvalue weighted by molar-refractivity contribution is 7.89. The summed E-state index contributed by atoms with van der Waals surface area (Å²) in [6, 6.07) is 8.45. The van der Waals surface area contributed by atoms with E-state index in [9.17, 15) is 13.2 Å². The molecule has 0 bridgehead atoms. The number of imidazole rings is 1. The molecule has 0 spiro atoms. The van der Waals surface area contributed by atoms with Crippen molar-refractivity contribution in [3.8, 4) is 0 Å². The van der Waals surface area contributed by atoms with E-state index in [0.717, 1.165) is 24.9 Å². The summed E-state index contributed by atoms with van der Waals surface area (Å²) in [5, 5.41) is 2.80. The Morgan fingerprint density at radius 2 is 1.89 bits per heavy atom. The molecule has 0 atom stereocenters. The van der Waals surface area contributed by atoms with Crippen molar-refractivity contribution in [3.05, 3.63) is 60.0 Å². The molecule has 1 aromatic carbocycles. The van der Waals surface area contributed by atoms with Crippen LogP contribution in [-0.2, 0) is 10.0 Å². The van der Waals surface area contributed by atoms with Crippen molar-refractivity contribution in [2.24, 2.45) is 0 Å². The summed E-state index contributed by atoms with van der Waals surface area (Å²) in [6.45, 7) is 2.86. The minimum Gasteiger partial charge on any atom is -0.322 e. The third kappa shape index (κ3) is 3.53. The SMILES string of the molecule is Cc1ccc(NC(=O)c2ccc3nccn3c2)cc1S(=O)(=O)N1CCCCC1. The van der Waals surface area contributed by atoms with Crippen LogP contribution < -0.4 is 5.32 Å². The van der Waals surface area contributed by atoms with E-state index in [1.54, 1.807) is 60.2 Å². The number of nitrogens with zero attached hydrogens (tertiary/aromatic N) is 3. The summed E-state index contributed by atoms with van der Waals surface area (Å²) in [4.78, 5) is 17.0. The van der Waals surface area contributed by atoms with Crippen molar-refractivity contribution >= 4 is 27.3 Å². The van der Waals surface area contributed by atoms with E-state index in [-0.39, 0.29) is 10.8 Å².